The van der Waals surface area contributed by atoms with Gasteiger partial charge in [0.25, 0.3) is 0 Å². The van der Waals surface area contributed by atoms with Gasteiger partial charge in [0.2, 0.25) is 11.7 Å². The minimum absolute atomic E-state index is 0.282. The van der Waals surface area contributed by atoms with Crippen LogP contribution in [0.15, 0.2) is 0 Å². The van der Waals surface area contributed by atoms with Gasteiger partial charge in [-0.15, -0.1) is 0 Å². The van der Waals surface area contributed by atoms with Crippen molar-refractivity contribution in [2.45, 2.75) is 19.8 Å². The summed E-state index contributed by atoms with van der Waals surface area (Å²) < 4.78 is 0. The largest absolute Gasteiger partial charge is 0.421 e. The Hall–Kier alpha value is -1.81. The van der Waals surface area contributed by atoms with E-state index in [2.05, 4.69) is 4.79 Å². The van der Waals surface area contributed by atoms with Crippen LogP contribution in [0, 0.1) is 0 Å². The number of amides is 2. The number of likely N-dealkylation sites (tertiary alicyclic amines) is 1. The van der Waals surface area contributed by atoms with Crippen molar-refractivity contribution in [3.8, 4) is 0 Å². The van der Waals surface area contributed by atoms with E-state index in [1.54, 1.807) is 0 Å². The van der Waals surface area contributed by atoms with Crippen molar-refractivity contribution >= 4 is 23.3 Å². The molecule has 0 atom stereocenters. The van der Waals surface area contributed by atoms with Crippen molar-refractivity contribution in [1.29, 1.82) is 0 Å². The van der Waals surface area contributed by atoms with Crippen molar-refractivity contribution < 1.29 is 19.2 Å². The highest BCUT2D eigenvalue weighted by molar-refractivity contribution is 6.64. The molecule has 0 spiro atoms. The van der Waals surface area contributed by atoms with Crippen LogP contribution in [0.5, 0.6) is 0 Å². The third-order valence-corrected chi connectivity index (χ3v) is 1.95. The molecule has 1 aliphatic heterocycles. The molecule has 1 heterocycles. The standard InChI is InChI=1S/C8H9N3O3/c1-5(12)7(10-9)8(14)11-4-2-3-6(11)13/h2-4H2,1H3. The number of rotatable bonds is 2. The number of hydrogen-bond acceptors (Lipinski definition) is 3. The summed E-state index contributed by atoms with van der Waals surface area (Å²) >= 11 is 0. The first-order chi connectivity index (χ1) is 6.57. The number of hydrogen-bond donors (Lipinski definition) is 0. The van der Waals surface area contributed by atoms with Gasteiger partial charge in [-0.05, 0) is 6.42 Å². The third kappa shape index (κ3) is 1.75. The SMILES string of the molecule is CC(=O)C(=[N+]=[N-])C(=O)N1CCCC1=O. The number of nitrogens with zero attached hydrogens (tertiary/aromatic N) is 3. The van der Waals surface area contributed by atoms with Crippen LogP contribution in [-0.4, -0.2) is 39.5 Å². The molecule has 0 N–H and O–H groups in total. The minimum Gasteiger partial charge on any atom is -0.360 e. The lowest BCUT2D eigenvalue weighted by Crippen LogP contribution is -2.40. The summed E-state index contributed by atoms with van der Waals surface area (Å²) in [5, 5.41) is 0. The molecule has 0 bridgehead atoms. The summed E-state index contributed by atoms with van der Waals surface area (Å²) in [7, 11) is 0. The van der Waals surface area contributed by atoms with Crippen LogP contribution in [0.25, 0.3) is 5.53 Å². The Bertz CT molecular complexity index is 355. The molecule has 1 fully saturated rings. The van der Waals surface area contributed by atoms with E-state index < -0.39 is 17.4 Å². The highest BCUT2D eigenvalue weighted by Crippen LogP contribution is 2.09. The Labute approximate surface area is 80.1 Å². The molecule has 0 aromatic rings. The van der Waals surface area contributed by atoms with Gasteiger partial charge in [0.05, 0.1) is 0 Å². The van der Waals surface area contributed by atoms with E-state index in [4.69, 9.17) is 5.53 Å². The average Bonchev–Trinajstić information content (AvgIpc) is 2.51. The molecule has 1 rings (SSSR count). The van der Waals surface area contributed by atoms with Gasteiger partial charge in [-0.3, -0.25) is 19.3 Å². The van der Waals surface area contributed by atoms with Crippen molar-refractivity contribution in [1.82, 2.24) is 4.90 Å². The van der Waals surface area contributed by atoms with Gasteiger partial charge in [0.1, 0.15) is 0 Å². The summed E-state index contributed by atoms with van der Waals surface area (Å²) in [6.45, 7) is 1.39. The molecule has 0 aromatic heterocycles. The second-order valence-electron chi connectivity index (χ2n) is 2.96. The summed E-state index contributed by atoms with van der Waals surface area (Å²) in [6.07, 6.45) is 0.879. The molecule has 0 aliphatic carbocycles. The predicted molar refractivity (Wildman–Crippen MR) is 45.3 cm³/mol. The molecule has 14 heavy (non-hydrogen) atoms. The Kier molecular flexibility index (Phi) is 2.89. The molecule has 1 aliphatic rings. The van der Waals surface area contributed by atoms with Crippen LogP contribution in [0.2, 0.25) is 0 Å². The monoisotopic (exact) mass is 195 g/mol. The molecule has 0 aromatic carbocycles. The van der Waals surface area contributed by atoms with Gasteiger partial charge < -0.3 is 5.53 Å². The molecule has 2 amide bonds. The molecule has 0 saturated carbocycles. The molecule has 0 unspecified atom stereocenters. The van der Waals surface area contributed by atoms with Crippen molar-refractivity contribution in [3.05, 3.63) is 5.53 Å². The van der Waals surface area contributed by atoms with E-state index in [1.807, 2.05) is 0 Å². The summed E-state index contributed by atoms with van der Waals surface area (Å²) in [6, 6.07) is 0. The number of Topliss-reactive ketones (excluding diaryl/α,β-unsaturated/α-hetero) is 1. The number of imide groups is 1. The van der Waals surface area contributed by atoms with Gasteiger partial charge >= 0.3 is 11.6 Å². The quantitative estimate of drug-likeness (QED) is 0.255. The average molecular weight is 195 g/mol. The normalized spacial score (nSPS) is 15.2. The lowest BCUT2D eigenvalue weighted by molar-refractivity contribution is -0.140. The van der Waals surface area contributed by atoms with E-state index in [-0.39, 0.29) is 12.5 Å². The first-order valence-electron chi connectivity index (χ1n) is 4.15. The fourth-order valence-corrected chi connectivity index (χ4v) is 1.25. The van der Waals surface area contributed by atoms with Crippen LogP contribution >= 0.6 is 0 Å². The summed E-state index contributed by atoms with van der Waals surface area (Å²) in [5.74, 6) is -1.81. The van der Waals surface area contributed by atoms with Gasteiger partial charge in [-0.2, -0.15) is 4.79 Å². The molecule has 6 nitrogen and oxygen atoms in total. The molecule has 74 valence electrons. The first-order valence-corrected chi connectivity index (χ1v) is 4.15. The highest BCUT2D eigenvalue weighted by atomic mass is 16.2. The Morgan fingerprint density at radius 1 is 1.50 bits per heavy atom. The van der Waals surface area contributed by atoms with Crippen LogP contribution in [0.1, 0.15) is 19.8 Å². The van der Waals surface area contributed by atoms with E-state index in [0.29, 0.717) is 12.8 Å². The van der Waals surface area contributed by atoms with Crippen LogP contribution in [-0.2, 0) is 14.4 Å². The van der Waals surface area contributed by atoms with Crippen molar-refractivity contribution in [2.75, 3.05) is 6.54 Å². The maximum absolute atomic E-state index is 11.4. The van der Waals surface area contributed by atoms with Gasteiger partial charge in [0.15, 0.2) is 0 Å². The number of ketones is 1. The molecular weight excluding hydrogens is 186 g/mol. The van der Waals surface area contributed by atoms with E-state index in [0.717, 1.165) is 11.8 Å². The van der Waals surface area contributed by atoms with E-state index in [1.165, 1.54) is 0 Å². The zero-order chi connectivity index (χ0) is 10.7. The number of carbonyl (C=O) groups is 3. The second kappa shape index (κ2) is 3.93. The van der Waals surface area contributed by atoms with E-state index >= 15 is 0 Å². The maximum Gasteiger partial charge on any atom is 0.421 e. The Balaban J connectivity index is 2.89. The van der Waals surface area contributed by atoms with Gasteiger partial charge in [-0.25, -0.2) is 0 Å². The lowest BCUT2D eigenvalue weighted by atomic mass is 10.2. The van der Waals surface area contributed by atoms with Gasteiger partial charge in [0, 0.05) is 19.9 Å². The second-order valence-corrected chi connectivity index (χ2v) is 2.96. The van der Waals surface area contributed by atoms with Crippen molar-refractivity contribution in [2.24, 2.45) is 0 Å². The zero-order valence-corrected chi connectivity index (χ0v) is 7.69. The molecule has 0 radical (unpaired) electrons. The van der Waals surface area contributed by atoms with Crippen LogP contribution < -0.4 is 0 Å². The fraction of sp³-hybridized carbons (Fsp3) is 0.500. The molecule has 1 saturated heterocycles. The predicted octanol–water partition coefficient (Wildman–Crippen LogP) is -0.605. The van der Waals surface area contributed by atoms with Crippen LogP contribution in [0.3, 0.4) is 0 Å². The lowest BCUT2D eigenvalue weighted by Gasteiger charge is -2.08. The summed E-state index contributed by atoms with van der Waals surface area (Å²) in [5.41, 5.74) is 7.82. The third-order valence-electron chi connectivity index (χ3n) is 1.95. The minimum atomic E-state index is -0.817. The topological polar surface area (TPSA) is 90.8 Å². The Morgan fingerprint density at radius 2 is 2.14 bits per heavy atom. The first kappa shape index (κ1) is 10.3. The van der Waals surface area contributed by atoms with Crippen LogP contribution in [0.4, 0.5) is 0 Å². The zero-order valence-electron chi connectivity index (χ0n) is 7.69. The Morgan fingerprint density at radius 3 is 2.50 bits per heavy atom. The van der Waals surface area contributed by atoms with Gasteiger partial charge in [-0.1, -0.05) is 0 Å². The smallest absolute Gasteiger partial charge is 0.360 e. The number of carbonyl (C=O) groups excluding carboxylic acids is 3. The fourth-order valence-electron chi connectivity index (χ4n) is 1.25. The van der Waals surface area contributed by atoms with E-state index in [9.17, 15) is 14.4 Å². The molecule has 6 heteroatoms. The molecular formula is C8H9N3O3. The maximum atomic E-state index is 11.4. The summed E-state index contributed by atoms with van der Waals surface area (Å²) in [4.78, 5) is 36.9. The highest BCUT2D eigenvalue weighted by Gasteiger charge is 2.36. The van der Waals surface area contributed by atoms with Crippen molar-refractivity contribution in [3.63, 3.8) is 0 Å².